The molecule has 5 rings (SSSR count). The van der Waals surface area contributed by atoms with E-state index in [9.17, 15) is 4.79 Å². The molecule has 1 amide bonds. The molecule has 2 aliphatic rings. The Balaban J connectivity index is 1.39. The van der Waals surface area contributed by atoms with Gasteiger partial charge in [0.2, 0.25) is 5.76 Å². The summed E-state index contributed by atoms with van der Waals surface area (Å²) in [6.45, 7) is 5.52. The first kappa shape index (κ1) is 19.3. The first-order chi connectivity index (χ1) is 14.4. The van der Waals surface area contributed by atoms with Crippen LogP contribution in [0.25, 0.3) is 10.6 Å². The van der Waals surface area contributed by atoms with Gasteiger partial charge in [0, 0.05) is 31.3 Å². The summed E-state index contributed by atoms with van der Waals surface area (Å²) in [5.74, 6) is 1.30. The number of aromatic nitrogens is 2. The lowest BCUT2D eigenvalue weighted by atomic mass is 9.82. The maximum atomic E-state index is 12.9. The number of hydrogen-bond donors (Lipinski definition) is 1. The van der Waals surface area contributed by atoms with Crippen LogP contribution >= 0.6 is 11.3 Å². The van der Waals surface area contributed by atoms with Crippen molar-refractivity contribution in [1.29, 1.82) is 0 Å². The molecule has 0 atom stereocenters. The summed E-state index contributed by atoms with van der Waals surface area (Å²) >= 11 is 1.77. The van der Waals surface area contributed by atoms with Crippen molar-refractivity contribution in [2.75, 3.05) is 25.4 Å². The number of hydrogen-bond acceptors (Lipinski definition) is 7. The molecule has 8 heteroatoms. The Labute approximate surface area is 178 Å². The van der Waals surface area contributed by atoms with Gasteiger partial charge in [-0.1, -0.05) is 6.07 Å². The van der Waals surface area contributed by atoms with Crippen LogP contribution < -0.4 is 5.73 Å². The number of carbonyl (C=O) groups excluding carboxylic acids is 1. The van der Waals surface area contributed by atoms with Gasteiger partial charge >= 0.3 is 0 Å². The van der Waals surface area contributed by atoms with Gasteiger partial charge in [-0.25, -0.2) is 9.97 Å². The summed E-state index contributed by atoms with van der Waals surface area (Å²) in [5.41, 5.74) is 8.32. The summed E-state index contributed by atoms with van der Waals surface area (Å²) in [5, 5.41) is 0. The largest absolute Gasteiger partial charge is 0.436 e. The number of aryl methyl sites for hydroxylation is 2. The first-order valence-corrected chi connectivity index (χ1v) is 11.0. The van der Waals surface area contributed by atoms with Gasteiger partial charge in [0.05, 0.1) is 28.5 Å². The van der Waals surface area contributed by atoms with Crippen LogP contribution in [-0.2, 0) is 16.8 Å². The van der Waals surface area contributed by atoms with Gasteiger partial charge in [0.1, 0.15) is 5.82 Å². The van der Waals surface area contributed by atoms with E-state index < -0.39 is 0 Å². The highest BCUT2D eigenvalue weighted by Gasteiger charge is 2.43. The minimum absolute atomic E-state index is 0.0889. The van der Waals surface area contributed by atoms with E-state index in [0.29, 0.717) is 42.9 Å². The Kier molecular flexibility index (Phi) is 4.63. The SMILES string of the molecule is Cc1nc(C)c(C(=O)N2CCC3(CC2)OCCc2sc(-c4cccc(N)n4)cc23)o1. The second kappa shape index (κ2) is 7.21. The highest BCUT2D eigenvalue weighted by atomic mass is 32.1. The number of amides is 1. The summed E-state index contributed by atoms with van der Waals surface area (Å²) in [6.07, 6.45) is 2.43. The van der Waals surface area contributed by atoms with Crippen molar-refractivity contribution in [3.63, 3.8) is 0 Å². The van der Waals surface area contributed by atoms with E-state index in [4.69, 9.17) is 14.9 Å². The summed E-state index contributed by atoms with van der Waals surface area (Å²) in [7, 11) is 0. The third-order valence-electron chi connectivity index (χ3n) is 5.99. The van der Waals surface area contributed by atoms with Crippen LogP contribution in [0.5, 0.6) is 0 Å². The Hall–Kier alpha value is -2.71. The van der Waals surface area contributed by atoms with Crippen LogP contribution in [0.4, 0.5) is 5.82 Å². The van der Waals surface area contributed by atoms with Crippen LogP contribution in [0, 0.1) is 13.8 Å². The van der Waals surface area contributed by atoms with Crippen molar-refractivity contribution >= 4 is 23.1 Å². The number of anilines is 1. The smallest absolute Gasteiger partial charge is 0.291 e. The van der Waals surface area contributed by atoms with E-state index in [1.807, 2.05) is 24.0 Å². The highest BCUT2D eigenvalue weighted by Crippen LogP contribution is 2.46. The lowest BCUT2D eigenvalue weighted by molar-refractivity contribution is -0.0928. The van der Waals surface area contributed by atoms with E-state index in [-0.39, 0.29) is 11.5 Å². The molecule has 7 nitrogen and oxygen atoms in total. The Morgan fingerprint density at radius 2 is 2.03 bits per heavy atom. The molecule has 30 heavy (non-hydrogen) atoms. The van der Waals surface area contributed by atoms with Crippen molar-refractivity contribution in [2.45, 2.75) is 38.7 Å². The molecule has 0 aromatic carbocycles. The van der Waals surface area contributed by atoms with Crippen molar-refractivity contribution in [3.8, 4) is 10.6 Å². The summed E-state index contributed by atoms with van der Waals surface area (Å²) < 4.78 is 11.9. The molecule has 0 bridgehead atoms. The van der Waals surface area contributed by atoms with Crippen molar-refractivity contribution in [3.05, 3.63) is 52.1 Å². The normalized spacial score (nSPS) is 17.9. The molecule has 3 aromatic rings. The predicted octanol–water partition coefficient (Wildman–Crippen LogP) is 3.70. The Morgan fingerprint density at radius 3 is 2.73 bits per heavy atom. The number of likely N-dealkylation sites (tertiary alicyclic amines) is 1. The average Bonchev–Trinajstić information content (AvgIpc) is 3.32. The molecule has 2 aliphatic heterocycles. The van der Waals surface area contributed by atoms with Crippen molar-refractivity contribution in [1.82, 2.24) is 14.9 Å². The van der Waals surface area contributed by atoms with Crippen LogP contribution in [-0.4, -0.2) is 40.5 Å². The van der Waals surface area contributed by atoms with Gasteiger partial charge < -0.3 is 19.8 Å². The number of rotatable bonds is 2. The minimum Gasteiger partial charge on any atom is -0.436 e. The average molecular weight is 425 g/mol. The predicted molar refractivity (Wildman–Crippen MR) is 114 cm³/mol. The molecule has 2 N–H and O–H groups in total. The maximum Gasteiger partial charge on any atom is 0.291 e. The van der Waals surface area contributed by atoms with Crippen LogP contribution in [0.2, 0.25) is 0 Å². The van der Waals surface area contributed by atoms with E-state index in [0.717, 1.165) is 29.8 Å². The third kappa shape index (κ3) is 3.20. The quantitative estimate of drug-likeness (QED) is 0.674. The summed E-state index contributed by atoms with van der Waals surface area (Å²) in [4.78, 5) is 25.9. The lowest BCUT2D eigenvalue weighted by Gasteiger charge is -2.43. The highest BCUT2D eigenvalue weighted by molar-refractivity contribution is 7.15. The van der Waals surface area contributed by atoms with E-state index in [2.05, 4.69) is 16.0 Å². The van der Waals surface area contributed by atoms with Crippen LogP contribution in [0.3, 0.4) is 0 Å². The number of nitrogens with two attached hydrogens (primary N) is 1. The monoisotopic (exact) mass is 424 g/mol. The molecule has 0 unspecified atom stereocenters. The van der Waals surface area contributed by atoms with Crippen LogP contribution in [0.1, 0.15) is 45.4 Å². The van der Waals surface area contributed by atoms with Gasteiger partial charge in [-0.2, -0.15) is 0 Å². The fourth-order valence-electron chi connectivity index (χ4n) is 4.49. The number of ether oxygens (including phenoxy) is 1. The van der Waals surface area contributed by atoms with E-state index in [1.165, 1.54) is 10.4 Å². The fourth-order valence-corrected chi connectivity index (χ4v) is 5.69. The number of nitrogens with zero attached hydrogens (tertiary/aromatic N) is 3. The second-order valence-electron chi connectivity index (χ2n) is 7.93. The number of nitrogen functional groups attached to an aromatic ring is 1. The molecular formula is C22H24N4O3S. The number of oxazole rings is 1. The molecule has 0 saturated carbocycles. The van der Waals surface area contributed by atoms with E-state index >= 15 is 0 Å². The fraction of sp³-hybridized carbons (Fsp3) is 0.409. The number of carbonyl (C=O) groups is 1. The minimum atomic E-state index is -0.341. The molecule has 1 saturated heterocycles. The van der Waals surface area contributed by atoms with E-state index in [1.54, 1.807) is 24.3 Å². The molecule has 1 fully saturated rings. The van der Waals surface area contributed by atoms with Gasteiger partial charge in [-0.05, 0) is 43.5 Å². The zero-order chi connectivity index (χ0) is 20.9. The topological polar surface area (TPSA) is 94.5 Å². The lowest BCUT2D eigenvalue weighted by Crippen LogP contribution is -2.48. The van der Waals surface area contributed by atoms with Gasteiger partial charge in [-0.15, -0.1) is 11.3 Å². The molecule has 1 spiro atoms. The molecule has 0 aliphatic carbocycles. The summed E-state index contributed by atoms with van der Waals surface area (Å²) in [6, 6.07) is 7.93. The number of pyridine rings is 1. The van der Waals surface area contributed by atoms with Crippen molar-refractivity contribution < 1.29 is 13.9 Å². The van der Waals surface area contributed by atoms with Crippen molar-refractivity contribution in [2.24, 2.45) is 0 Å². The zero-order valence-corrected chi connectivity index (χ0v) is 17.9. The number of piperidine rings is 1. The third-order valence-corrected chi connectivity index (χ3v) is 7.20. The Morgan fingerprint density at radius 1 is 1.23 bits per heavy atom. The molecule has 156 valence electrons. The number of thiophene rings is 1. The molecular weight excluding hydrogens is 400 g/mol. The van der Waals surface area contributed by atoms with Gasteiger partial charge in [0.25, 0.3) is 5.91 Å². The molecule has 5 heterocycles. The second-order valence-corrected chi connectivity index (χ2v) is 9.06. The molecule has 3 aromatic heterocycles. The molecule has 0 radical (unpaired) electrons. The zero-order valence-electron chi connectivity index (χ0n) is 17.1. The van der Waals surface area contributed by atoms with Gasteiger partial charge in [0.15, 0.2) is 5.89 Å². The number of fused-ring (bicyclic) bond motifs is 2. The maximum absolute atomic E-state index is 12.9. The standard InChI is InChI=1S/C22H24N4O3S/c1-13-20(29-14(2)24-13)21(27)26-9-7-22(8-10-26)15-12-18(30-17(15)6-11-28-22)16-4-3-5-19(23)25-16/h3-5,12H,6-11H2,1-2H3,(H2,23,25). The van der Waals surface area contributed by atoms with Gasteiger partial charge in [-0.3, -0.25) is 4.79 Å². The Bertz CT molecular complexity index is 1110. The van der Waals surface area contributed by atoms with Crippen LogP contribution in [0.15, 0.2) is 28.7 Å². The first-order valence-electron chi connectivity index (χ1n) is 10.2.